The maximum absolute atomic E-state index is 11.5. The molecule has 5 nitrogen and oxygen atoms in total. The van der Waals surface area contributed by atoms with Gasteiger partial charge in [0.1, 0.15) is 5.92 Å². The molecule has 1 aromatic carbocycles. The Bertz CT molecular complexity index is 664. The fourth-order valence-electron chi connectivity index (χ4n) is 1.93. The lowest BCUT2D eigenvalue weighted by Crippen LogP contribution is -2.34. The minimum absolute atomic E-state index is 0.422. The summed E-state index contributed by atoms with van der Waals surface area (Å²) in [5.41, 5.74) is 3.12. The van der Waals surface area contributed by atoms with E-state index in [4.69, 9.17) is 5.11 Å². The van der Waals surface area contributed by atoms with Crippen LogP contribution in [0, 0.1) is 12.8 Å². The van der Waals surface area contributed by atoms with Crippen LogP contribution in [0.3, 0.4) is 0 Å². The third kappa shape index (κ3) is 4.14. The Morgan fingerprint density at radius 2 is 2.00 bits per heavy atom. The predicted molar refractivity (Wildman–Crippen MR) is 85.8 cm³/mol. The molecule has 0 aliphatic heterocycles. The Morgan fingerprint density at radius 3 is 2.55 bits per heavy atom. The summed E-state index contributed by atoms with van der Waals surface area (Å²) in [4.78, 5) is 26.6. The Hall–Kier alpha value is -2.21. The van der Waals surface area contributed by atoms with Gasteiger partial charge in [-0.2, -0.15) is 0 Å². The van der Waals surface area contributed by atoms with Crippen LogP contribution >= 0.6 is 11.3 Å². The summed E-state index contributed by atoms with van der Waals surface area (Å²) in [6, 6.07) is 8.00. The second kappa shape index (κ2) is 7.17. The van der Waals surface area contributed by atoms with Crippen molar-refractivity contribution in [3.05, 3.63) is 40.2 Å². The number of benzene rings is 1. The van der Waals surface area contributed by atoms with Crippen LogP contribution in [-0.4, -0.2) is 28.5 Å². The Labute approximate surface area is 133 Å². The number of thiazole rings is 1. The van der Waals surface area contributed by atoms with E-state index in [1.807, 2.05) is 36.6 Å². The summed E-state index contributed by atoms with van der Waals surface area (Å²) in [7, 11) is 0. The topological polar surface area (TPSA) is 79.3 Å². The van der Waals surface area contributed by atoms with E-state index in [1.165, 1.54) is 6.92 Å². The summed E-state index contributed by atoms with van der Waals surface area (Å²) >= 11 is 1.62. The minimum atomic E-state index is -1.11. The van der Waals surface area contributed by atoms with Crippen LogP contribution in [0.25, 0.3) is 11.3 Å². The lowest BCUT2D eigenvalue weighted by molar-refractivity contribution is -0.146. The number of nitrogens with one attached hydrogen (secondary N) is 1. The summed E-state index contributed by atoms with van der Waals surface area (Å²) in [5, 5.41) is 14.4. The molecule has 1 amide bonds. The molecule has 116 valence electrons. The molecule has 2 N–H and O–H groups in total. The summed E-state index contributed by atoms with van der Waals surface area (Å²) < 4.78 is 0. The number of hydrogen-bond acceptors (Lipinski definition) is 4. The number of nitrogens with zero attached hydrogens (tertiary/aromatic N) is 1. The van der Waals surface area contributed by atoms with Crippen molar-refractivity contribution >= 4 is 23.2 Å². The van der Waals surface area contributed by atoms with Crippen LogP contribution in [0.1, 0.15) is 17.5 Å². The molecule has 1 atom stereocenters. The second-order valence-electron chi connectivity index (χ2n) is 5.05. The van der Waals surface area contributed by atoms with Gasteiger partial charge in [-0.15, -0.1) is 11.3 Å². The standard InChI is InChI=1S/C16H18N2O3S/c1-10(16(20)21)15(19)17-8-7-12-3-5-13(6-4-12)14-9-22-11(2)18-14/h3-6,9-10H,7-8H2,1-2H3,(H,17,19)(H,20,21). The number of aromatic nitrogens is 1. The molecule has 0 bridgehead atoms. The Morgan fingerprint density at radius 1 is 1.32 bits per heavy atom. The van der Waals surface area contributed by atoms with E-state index in [2.05, 4.69) is 10.3 Å². The van der Waals surface area contributed by atoms with E-state index in [9.17, 15) is 9.59 Å². The first-order chi connectivity index (χ1) is 10.5. The first-order valence-electron chi connectivity index (χ1n) is 6.99. The van der Waals surface area contributed by atoms with Crippen molar-refractivity contribution in [2.45, 2.75) is 20.3 Å². The Balaban J connectivity index is 1.87. The molecular formula is C16H18N2O3S. The summed E-state index contributed by atoms with van der Waals surface area (Å²) in [6.45, 7) is 3.78. The van der Waals surface area contributed by atoms with Crippen LogP contribution in [0.5, 0.6) is 0 Å². The molecule has 0 spiro atoms. The van der Waals surface area contributed by atoms with Gasteiger partial charge in [-0.1, -0.05) is 24.3 Å². The predicted octanol–water partition coefficient (Wildman–Crippen LogP) is 2.50. The number of carboxylic acids is 1. The van der Waals surface area contributed by atoms with Gasteiger partial charge in [0, 0.05) is 17.5 Å². The normalized spacial score (nSPS) is 11.9. The Kier molecular flexibility index (Phi) is 5.27. The van der Waals surface area contributed by atoms with Gasteiger partial charge >= 0.3 is 5.97 Å². The van der Waals surface area contributed by atoms with Gasteiger partial charge in [0.25, 0.3) is 0 Å². The monoisotopic (exact) mass is 318 g/mol. The lowest BCUT2D eigenvalue weighted by atomic mass is 10.1. The molecule has 0 aliphatic carbocycles. The molecule has 1 unspecified atom stereocenters. The van der Waals surface area contributed by atoms with E-state index in [-0.39, 0.29) is 0 Å². The van der Waals surface area contributed by atoms with Gasteiger partial charge in [-0.05, 0) is 25.8 Å². The molecule has 22 heavy (non-hydrogen) atoms. The van der Waals surface area contributed by atoms with Gasteiger partial charge in [0.15, 0.2) is 0 Å². The quantitative estimate of drug-likeness (QED) is 0.802. The number of carboxylic acid groups (broad SMARTS) is 1. The average Bonchev–Trinajstić information content (AvgIpc) is 2.93. The van der Waals surface area contributed by atoms with Crippen molar-refractivity contribution in [2.24, 2.45) is 5.92 Å². The highest BCUT2D eigenvalue weighted by Gasteiger charge is 2.19. The van der Waals surface area contributed by atoms with Crippen LogP contribution in [0.4, 0.5) is 0 Å². The van der Waals surface area contributed by atoms with Crippen molar-refractivity contribution < 1.29 is 14.7 Å². The van der Waals surface area contributed by atoms with Crippen molar-refractivity contribution in [1.82, 2.24) is 10.3 Å². The highest BCUT2D eigenvalue weighted by atomic mass is 32.1. The smallest absolute Gasteiger partial charge is 0.315 e. The van der Waals surface area contributed by atoms with Gasteiger partial charge in [-0.3, -0.25) is 9.59 Å². The van der Waals surface area contributed by atoms with Crippen LogP contribution in [0.2, 0.25) is 0 Å². The van der Waals surface area contributed by atoms with E-state index < -0.39 is 17.8 Å². The number of aryl methyl sites for hydroxylation is 1. The van der Waals surface area contributed by atoms with Gasteiger partial charge in [0.2, 0.25) is 5.91 Å². The van der Waals surface area contributed by atoms with Gasteiger partial charge < -0.3 is 10.4 Å². The van der Waals surface area contributed by atoms with Crippen LogP contribution in [-0.2, 0) is 16.0 Å². The molecule has 0 aliphatic rings. The molecule has 0 saturated heterocycles. The molecule has 0 saturated carbocycles. The van der Waals surface area contributed by atoms with Crippen molar-refractivity contribution in [2.75, 3.05) is 6.54 Å². The van der Waals surface area contributed by atoms with E-state index >= 15 is 0 Å². The van der Waals surface area contributed by atoms with E-state index in [1.54, 1.807) is 11.3 Å². The highest BCUT2D eigenvalue weighted by molar-refractivity contribution is 7.09. The summed E-state index contributed by atoms with van der Waals surface area (Å²) in [5.74, 6) is -2.59. The maximum Gasteiger partial charge on any atom is 0.315 e. The third-order valence-electron chi connectivity index (χ3n) is 3.35. The van der Waals surface area contributed by atoms with E-state index in [0.29, 0.717) is 13.0 Å². The zero-order chi connectivity index (χ0) is 16.1. The number of rotatable bonds is 6. The maximum atomic E-state index is 11.5. The number of carbonyl (C=O) groups excluding carboxylic acids is 1. The minimum Gasteiger partial charge on any atom is -0.481 e. The van der Waals surface area contributed by atoms with Crippen LogP contribution < -0.4 is 5.32 Å². The van der Waals surface area contributed by atoms with Crippen molar-refractivity contribution in [3.8, 4) is 11.3 Å². The molecule has 1 aromatic heterocycles. The molecule has 2 rings (SSSR count). The molecule has 1 heterocycles. The van der Waals surface area contributed by atoms with Gasteiger partial charge in [0.05, 0.1) is 10.7 Å². The van der Waals surface area contributed by atoms with Gasteiger partial charge in [-0.25, -0.2) is 4.98 Å². The third-order valence-corrected chi connectivity index (χ3v) is 4.12. The first-order valence-corrected chi connectivity index (χ1v) is 7.87. The molecule has 2 aromatic rings. The molecular weight excluding hydrogens is 300 g/mol. The molecule has 6 heteroatoms. The SMILES string of the molecule is Cc1nc(-c2ccc(CCNC(=O)C(C)C(=O)O)cc2)cs1. The number of hydrogen-bond donors (Lipinski definition) is 2. The number of amides is 1. The molecule has 0 radical (unpaired) electrons. The average molecular weight is 318 g/mol. The fourth-order valence-corrected chi connectivity index (χ4v) is 2.56. The summed E-state index contributed by atoms with van der Waals surface area (Å²) in [6.07, 6.45) is 0.661. The molecule has 0 fully saturated rings. The van der Waals surface area contributed by atoms with E-state index in [0.717, 1.165) is 21.8 Å². The largest absolute Gasteiger partial charge is 0.481 e. The van der Waals surface area contributed by atoms with Crippen molar-refractivity contribution in [1.29, 1.82) is 0 Å². The zero-order valence-corrected chi connectivity index (χ0v) is 13.3. The highest BCUT2D eigenvalue weighted by Crippen LogP contribution is 2.21. The van der Waals surface area contributed by atoms with Crippen molar-refractivity contribution in [3.63, 3.8) is 0 Å². The fraction of sp³-hybridized carbons (Fsp3) is 0.312. The van der Waals surface area contributed by atoms with Crippen LogP contribution in [0.15, 0.2) is 29.6 Å². The zero-order valence-electron chi connectivity index (χ0n) is 12.5. The number of aliphatic carboxylic acids is 1. The number of carbonyl (C=O) groups is 2. The second-order valence-corrected chi connectivity index (χ2v) is 6.11. The lowest BCUT2D eigenvalue weighted by Gasteiger charge is -2.08. The first kappa shape index (κ1) is 16.2.